The zero-order valence-electron chi connectivity index (χ0n) is 16.7. The molecule has 1 aromatic heterocycles. The number of nitrogens with zero attached hydrogens (tertiary/aromatic N) is 2. The second kappa shape index (κ2) is 7.62. The lowest BCUT2D eigenvalue weighted by Crippen LogP contribution is -2.36. The van der Waals surface area contributed by atoms with Gasteiger partial charge in [0.2, 0.25) is 0 Å². The van der Waals surface area contributed by atoms with Crippen LogP contribution in [0.15, 0.2) is 36.0 Å². The van der Waals surface area contributed by atoms with Gasteiger partial charge < -0.3 is 9.64 Å². The fourth-order valence-electron chi connectivity index (χ4n) is 4.68. The lowest BCUT2D eigenvalue weighted by Gasteiger charge is -2.27. The first-order valence-corrected chi connectivity index (χ1v) is 10.8. The molecule has 0 atom stereocenters. The number of esters is 1. The summed E-state index contributed by atoms with van der Waals surface area (Å²) in [4.78, 5) is 32.7. The van der Waals surface area contributed by atoms with Crippen LogP contribution in [0.3, 0.4) is 0 Å². The Kier molecular flexibility index (Phi) is 4.82. The number of aromatic nitrogens is 1. The molecule has 0 saturated heterocycles. The van der Waals surface area contributed by atoms with E-state index in [1.807, 2.05) is 29.2 Å². The molecule has 5 nitrogen and oxygen atoms in total. The highest BCUT2D eigenvalue weighted by Gasteiger charge is 2.35. The number of rotatable bonds is 5. The second-order valence-corrected chi connectivity index (χ2v) is 8.30. The molecule has 0 spiro atoms. The number of aryl methyl sites for hydroxylation is 1. The number of hydrogen-bond donors (Lipinski definition) is 0. The van der Waals surface area contributed by atoms with Gasteiger partial charge in [-0.25, -0.2) is 4.79 Å². The summed E-state index contributed by atoms with van der Waals surface area (Å²) in [6, 6.07) is 7.98. The lowest BCUT2D eigenvalue weighted by atomic mass is 10.0. The monoisotopic (exact) mass is 390 g/mol. The first kappa shape index (κ1) is 18.3. The maximum absolute atomic E-state index is 13.1. The molecule has 0 radical (unpaired) electrons. The van der Waals surface area contributed by atoms with Gasteiger partial charge in [0.1, 0.15) is 0 Å². The summed E-state index contributed by atoms with van der Waals surface area (Å²) in [6.07, 6.45) is 11.3. The number of amides is 1. The van der Waals surface area contributed by atoms with Crippen LogP contribution < -0.4 is 0 Å². The van der Waals surface area contributed by atoms with E-state index in [0.29, 0.717) is 5.56 Å². The Hall–Kier alpha value is -2.69. The van der Waals surface area contributed by atoms with Crippen molar-refractivity contribution < 1.29 is 14.3 Å². The quantitative estimate of drug-likeness (QED) is 0.713. The number of hydrogen-bond acceptors (Lipinski definition) is 4. The van der Waals surface area contributed by atoms with Crippen LogP contribution in [0.4, 0.5) is 0 Å². The molecular weight excluding hydrogens is 364 g/mol. The van der Waals surface area contributed by atoms with E-state index >= 15 is 0 Å². The van der Waals surface area contributed by atoms with Crippen molar-refractivity contribution >= 4 is 22.8 Å². The lowest BCUT2D eigenvalue weighted by molar-refractivity contribution is -0.133. The number of allylic oxidation sites excluding steroid dienone is 2. The van der Waals surface area contributed by atoms with E-state index in [1.54, 1.807) is 0 Å². The number of fused-ring (bicyclic) bond motifs is 2. The van der Waals surface area contributed by atoms with Crippen LogP contribution in [-0.2, 0) is 22.4 Å². The molecule has 150 valence electrons. The summed E-state index contributed by atoms with van der Waals surface area (Å²) in [5.74, 6) is -0.493. The third kappa shape index (κ3) is 3.54. The Morgan fingerprint density at radius 2 is 1.93 bits per heavy atom. The molecule has 1 heterocycles. The highest BCUT2D eigenvalue weighted by atomic mass is 16.5. The molecule has 0 aliphatic heterocycles. The first-order valence-electron chi connectivity index (χ1n) is 10.8. The van der Waals surface area contributed by atoms with E-state index in [9.17, 15) is 9.59 Å². The Bertz CT molecular complexity index is 1010. The van der Waals surface area contributed by atoms with Gasteiger partial charge in [-0.3, -0.25) is 9.78 Å². The van der Waals surface area contributed by atoms with Crippen molar-refractivity contribution in [3.8, 4) is 0 Å². The molecule has 3 aliphatic carbocycles. The van der Waals surface area contributed by atoms with E-state index in [0.717, 1.165) is 79.2 Å². The average Bonchev–Trinajstić information content (AvgIpc) is 3.47. The minimum atomic E-state index is -0.400. The maximum atomic E-state index is 13.1. The predicted octanol–water partition coefficient (Wildman–Crippen LogP) is 4.33. The number of carbonyl (C=O) groups is 2. The van der Waals surface area contributed by atoms with Gasteiger partial charge >= 0.3 is 5.97 Å². The second-order valence-electron chi connectivity index (χ2n) is 8.30. The molecule has 0 bridgehead atoms. The Morgan fingerprint density at radius 1 is 1.07 bits per heavy atom. The maximum Gasteiger partial charge on any atom is 0.339 e. The van der Waals surface area contributed by atoms with Crippen molar-refractivity contribution in [2.24, 2.45) is 0 Å². The van der Waals surface area contributed by atoms with Gasteiger partial charge in [-0.05, 0) is 69.4 Å². The molecule has 5 rings (SSSR count). The Balaban J connectivity index is 1.37. The molecule has 0 N–H and O–H groups in total. The summed E-state index contributed by atoms with van der Waals surface area (Å²) < 4.78 is 5.59. The van der Waals surface area contributed by atoms with Crippen molar-refractivity contribution in [1.29, 1.82) is 0 Å². The summed E-state index contributed by atoms with van der Waals surface area (Å²) in [6.45, 7) is -0.196. The zero-order valence-corrected chi connectivity index (χ0v) is 16.7. The molecule has 1 saturated carbocycles. The van der Waals surface area contributed by atoms with Crippen LogP contribution in [0.2, 0.25) is 0 Å². The summed E-state index contributed by atoms with van der Waals surface area (Å²) in [7, 11) is 0. The van der Waals surface area contributed by atoms with Crippen LogP contribution in [0.1, 0.15) is 66.6 Å². The summed E-state index contributed by atoms with van der Waals surface area (Å²) in [5.41, 5.74) is 4.53. The van der Waals surface area contributed by atoms with E-state index in [1.165, 1.54) is 6.42 Å². The van der Waals surface area contributed by atoms with Gasteiger partial charge in [-0.15, -0.1) is 0 Å². The van der Waals surface area contributed by atoms with Crippen LogP contribution in [0.25, 0.3) is 10.9 Å². The minimum Gasteiger partial charge on any atom is -0.452 e. The molecular formula is C24H26N2O3. The molecule has 1 fully saturated rings. The minimum absolute atomic E-state index is 0.0935. The van der Waals surface area contributed by atoms with Crippen molar-refractivity contribution in [2.75, 3.05) is 6.61 Å². The zero-order chi connectivity index (χ0) is 19.8. The largest absolute Gasteiger partial charge is 0.452 e. The van der Waals surface area contributed by atoms with Crippen molar-refractivity contribution in [1.82, 2.24) is 9.88 Å². The van der Waals surface area contributed by atoms with Crippen LogP contribution in [0.5, 0.6) is 0 Å². The summed E-state index contributed by atoms with van der Waals surface area (Å²) in [5, 5.41) is 0.819. The highest BCUT2D eigenvalue weighted by Crippen LogP contribution is 2.34. The number of benzene rings is 1. The topological polar surface area (TPSA) is 59.5 Å². The molecule has 1 aromatic carbocycles. The Morgan fingerprint density at radius 3 is 2.72 bits per heavy atom. The van der Waals surface area contributed by atoms with E-state index in [4.69, 9.17) is 9.72 Å². The van der Waals surface area contributed by atoms with Gasteiger partial charge in [-0.2, -0.15) is 0 Å². The highest BCUT2D eigenvalue weighted by molar-refractivity contribution is 6.05. The molecule has 5 heteroatoms. The van der Waals surface area contributed by atoms with Crippen molar-refractivity contribution in [3.63, 3.8) is 0 Å². The standard InChI is InChI=1S/C24H26N2O3/c27-22(26(17-13-14-17)16-7-2-1-3-8-16)15-29-24(28)23-18-9-4-5-11-20(18)25-21-12-6-10-19(21)23/h4-5,7,9,11,17H,1-3,6,8,10,12-15H2. The van der Waals surface area contributed by atoms with Crippen molar-refractivity contribution in [2.45, 2.75) is 63.8 Å². The SMILES string of the molecule is O=C(OCC(=O)N(C1=CCCCC1)C1CC1)c1c2c(nc3ccccc13)CCC2. The number of carbonyl (C=O) groups excluding carboxylic acids is 2. The first-order chi connectivity index (χ1) is 14.2. The molecule has 3 aliphatic rings. The molecule has 29 heavy (non-hydrogen) atoms. The molecule has 1 amide bonds. The van der Waals surface area contributed by atoms with Gasteiger partial charge in [-0.1, -0.05) is 24.3 Å². The van der Waals surface area contributed by atoms with E-state index in [2.05, 4.69) is 6.08 Å². The van der Waals surface area contributed by atoms with Crippen LogP contribution in [-0.4, -0.2) is 34.4 Å². The van der Waals surface area contributed by atoms with Crippen LogP contribution >= 0.6 is 0 Å². The molecule has 0 unspecified atom stereocenters. The third-order valence-corrected chi connectivity index (χ3v) is 6.21. The van der Waals surface area contributed by atoms with Crippen molar-refractivity contribution in [3.05, 3.63) is 52.9 Å². The normalized spacial score (nSPS) is 18.3. The fraction of sp³-hybridized carbons (Fsp3) is 0.458. The summed E-state index contributed by atoms with van der Waals surface area (Å²) >= 11 is 0. The van der Waals surface area contributed by atoms with Gasteiger partial charge in [0.25, 0.3) is 5.91 Å². The fourth-order valence-corrected chi connectivity index (χ4v) is 4.68. The van der Waals surface area contributed by atoms with Crippen LogP contribution in [0, 0.1) is 0 Å². The average molecular weight is 390 g/mol. The smallest absolute Gasteiger partial charge is 0.339 e. The number of ether oxygens (including phenoxy) is 1. The van der Waals surface area contributed by atoms with Gasteiger partial charge in [0, 0.05) is 22.8 Å². The number of para-hydroxylation sites is 1. The predicted molar refractivity (Wildman–Crippen MR) is 110 cm³/mol. The Labute approximate surface area is 170 Å². The number of pyridine rings is 1. The van der Waals surface area contributed by atoms with Gasteiger partial charge in [0.05, 0.1) is 11.1 Å². The van der Waals surface area contributed by atoms with Gasteiger partial charge in [0.15, 0.2) is 6.61 Å². The van der Waals surface area contributed by atoms with E-state index in [-0.39, 0.29) is 18.6 Å². The molecule has 2 aromatic rings. The van der Waals surface area contributed by atoms with E-state index < -0.39 is 5.97 Å². The third-order valence-electron chi connectivity index (χ3n) is 6.21.